The highest BCUT2D eigenvalue weighted by atomic mass is 32.2. The minimum absolute atomic E-state index is 0.0786. The third-order valence-corrected chi connectivity index (χ3v) is 6.28. The third kappa shape index (κ3) is 2.38. The lowest BCUT2D eigenvalue weighted by Gasteiger charge is -2.28. The van der Waals surface area contributed by atoms with Crippen LogP contribution in [-0.4, -0.2) is 23.7 Å². The molecule has 2 aromatic heterocycles. The highest BCUT2D eigenvalue weighted by Gasteiger charge is 2.36. The minimum atomic E-state index is -3.91. The van der Waals surface area contributed by atoms with E-state index in [2.05, 4.69) is 10.3 Å². The number of fused-ring (bicyclic) bond motifs is 1. The van der Waals surface area contributed by atoms with Crippen LogP contribution in [0.3, 0.4) is 0 Å². The summed E-state index contributed by atoms with van der Waals surface area (Å²) in [5.74, 6) is 0. The number of amides is 2. The molecule has 2 amide bonds. The van der Waals surface area contributed by atoms with Crippen LogP contribution >= 0.6 is 11.3 Å². The molecule has 1 aromatic carbocycles. The average molecular weight is 361 g/mol. The molecule has 24 heavy (non-hydrogen) atoms. The Balaban J connectivity index is 1.66. The van der Waals surface area contributed by atoms with Crippen LogP contribution in [0.4, 0.5) is 10.5 Å². The third-order valence-electron chi connectivity index (χ3n) is 3.55. The van der Waals surface area contributed by atoms with Gasteiger partial charge in [-0.3, -0.25) is 0 Å². The van der Waals surface area contributed by atoms with Gasteiger partial charge in [0.25, 0.3) is 10.0 Å². The van der Waals surface area contributed by atoms with E-state index in [4.69, 9.17) is 4.42 Å². The zero-order valence-electron chi connectivity index (χ0n) is 12.2. The van der Waals surface area contributed by atoms with E-state index in [1.165, 1.54) is 23.7 Å². The number of thiazole rings is 1. The number of rotatable bonds is 3. The Morgan fingerprint density at radius 1 is 1.25 bits per heavy atom. The van der Waals surface area contributed by atoms with Crippen LogP contribution < -0.4 is 5.32 Å². The fourth-order valence-corrected chi connectivity index (χ4v) is 4.65. The second-order valence-corrected chi connectivity index (χ2v) is 7.78. The van der Waals surface area contributed by atoms with Crippen LogP contribution in [0, 0.1) is 0 Å². The van der Waals surface area contributed by atoms with Gasteiger partial charge < -0.3 is 9.73 Å². The maximum absolute atomic E-state index is 12.7. The normalized spacial score (nSPS) is 15.8. The molecule has 1 aliphatic rings. The predicted molar refractivity (Wildman–Crippen MR) is 88.0 cm³/mol. The highest BCUT2D eigenvalue weighted by molar-refractivity contribution is 7.90. The number of carbonyl (C=O) groups excluding carboxylic acids is 1. The Hall–Kier alpha value is -2.65. The molecule has 122 valence electrons. The van der Waals surface area contributed by atoms with Gasteiger partial charge in [0.1, 0.15) is 16.2 Å². The van der Waals surface area contributed by atoms with Crippen molar-refractivity contribution in [3.8, 4) is 10.6 Å². The first-order valence-electron chi connectivity index (χ1n) is 6.95. The van der Waals surface area contributed by atoms with Crippen molar-refractivity contribution in [2.75, 3.05) is 5.32 Å². The van der Waals surface area contributed by atoms with Gasteiger partial charge in [0.05, 0.1) is 24.2 Å². The van der Waals surface area contributed by atoms with Crippen molar-refractivity contribution < 1.29 is 17.6 Å². The van der Waals surface area contributed by atoms with Crippen LogP contribution in [0.25, 0.3) is 10.6 Å². The van der Waals surface area contributed by atoms with Crippen molar-refractivity contribution in [1.82, 2.24) is 9.29 Å². The number of anilines is 1. The Morgan fingerprint density at radius 3 is 2.88 bits per heavy atom. The smallest absolute Gasteiger partial charge is 0.336 e. The molecule has 0 unspecified atom stereocenters. The molecule has 0 saturated heterocycles. The van der Waals surface area contributed by atoms with Crippen molar-refractivity contribution in [3.05, 3.63) is 53.9 Å². The van der Waals surface area contributed by atoms with Crippen LogP contribution in [0.2, 0.25) is 0 Å². The van der Waals surface area contributed by atoms with E-state index >= 15 is 0 Å². The molecular weight excluding hydrogens is 350 g/mol. The molecule has 0 radical (unpaired) electrons. The Kier molecular flexibility index (Phi) is 3.39. The summed E-state index contributed by atoms with van der Waals surface area (Å²) in [5, 5.41) is 5.02. The van der Waals surface area contributed by atoms with Gasteiger partial charge in [-0.25, -0.2) is 22.5 Å². The molecule has 0 fully saturated rings. The number of hydrogen-bond donors (Lipinski definition) is 1. The summed E-state index contributed by atoms with van der Waals surface area (Å²) in [6, 6.07) is 7.39. The lowest BCUT2D eigenvalue weighted by Crippen LogP contribution is -2.43. The average Bonchev–Trinajstić information content (AvgIpc) is 3.23. The summed E-state index contributed by atoms with van der Waals surface area (Å²) in [6.07, 6.45) is 3.10. The van der Waals surface area contributed by atoms with E-state index in [-0.39, 0.29) is 17.1 Å². The van der Waals surface area contributed by atoms with Crippen LogP contribution in [0.5, 0.6) is 0 Å². The van der Waals surface area contributed by atoms with Crippen LogP contribution in [0.1, 0.15) is 5.69 Å². The van der Waals surface area contributed by atoms with Crippen molar-refractivity contribution in [3.63, 3.8) is 0 Å². The fourth-order valence-electron chi connectivity index (χ4n) is 2.40. The molecule has 0 spiro atoms. The summed E-state index contributed by atoms with van der Waals surface area (Å²) in [4.78, 5) is 16.7. The van der Waals surface area contributed by atoms with E-state index in [1.54, 1.807) is 35.9 Å². The molecule has 0 atom stereocenters. The van der Waals surface area contributed by atoms with Gasteiger partial charge in [0.15, 0.2) is 0 Å². The molecule has 7 nitrogen and oxygen atoms in total. The maximum Gasteiger partial charge on any atom is 0.336 e. The standard InChI is InChI=1S/C15H11N3O4S2/c19-15-17-12-3-1-2-4-13(12)24(20,21)18(15)7-11-9-23-14(16-11)10-5-6-22-8-10/h1-6,8-9H,7H2,(H,17,19). The molecule has 0 aliphatic carbocycles. The highest BCUT2D eigenvalue weighted by Crippen LogP contribution is 2.31. The molecular formula is C15H11N3O4S2. The lowest BCUT2D eigenvalue weighted by atomic mass is 10.3. The second-order valence-electron chi connectivity index (χ2n) is 5.09. The number of carbonyl (C=O) groups is 1. The summed E-state index contributed by atoms with van der Waals surface area (Å²) in [7, 11) is -3.91. The zero-order valence-corrected chi connectivity index (χ0v) is 13.8. The number of aromatic nitrogens is 1. The van der Waals surface area contributed by atoms with E-state index in [9.17, 15) is 13.2 Å². The van der Waals surface area contributed by atoms with Gasteiger partial charge in [-0.15, -0.1) is 11.3 Å². The maximum atomic E-state index is 12.7. The van der Waals surface area contributed by atoms with E-state index in [0.29, 0.717) is 10.7 Å². The van der Waals surface area contributed by atoms with Gasteiger partial charge >= 0.3 is 6.03 Å². The fraction of sp³-hybridized carbons (Fsp3) is 0.0667. The number of sulfonamides is 1. The van der Waals surface area contributed by atoms with Gasteiger partial charge in [0.2, 0.25) is 0 Å². The quantitative estimate of drug-likeness (QED) is 0.774. The molecule has 0 bridgehead atoms. The number of nitrogens with one attached hydrogen (secondary N) is 1. The summed E-state index contributed by atoms with van der Waals surface area (Å²) in [5.41, 5.74) is 1.59. The number of urea groups is 1. The summed E-state index contributed by atoms with van der Waals surface area (Å²) >= 11 is 1.36. The molecule has 0 saturated carbocycles. The first kappa shape index (κ1) is 14.9. The second kappa shape index (κ2) is 5.46. The predicted octanol–water partition coefficient (Wildman–Crippen LogP) is 3.14. The SMILES string of the molecule is O=C1Nc2ccccc2S(=O)(=O)N1Cc1csc(-c2ccoc2)n1. The summed E-state index contributed by atoms with van der Waals surface area (Å²) < 4.78 is 31.2. The number of para-hydroxylation sites is 1. The van der Waals surface area contributed by atoms with Crippen molar-refractivity contribution in [2.45, 2.75) is 11.4 Å². The lowest BCUT2D eigenvalue weighted by molar-refractivity contribution is 0.233. The van der Waals surface area contributed by atoms with Crippen LogP contribution in [-0.2, 0) is 16.6 Å². The zero-order chi connectivity index (χ0) is 16.7. The first-order chi connectivity index (χ1) is 11.6. The molecule has 4 rings (SSSR count). The van der Waals surface area contributed by atoms with Crippen molar-refractivity contribution >= 4 is 33.1 Å². The minimum Gasteiger partial charge on any atom is -0.472 e. The van der Waals surface area contributed by atoms with Gasteiger partial charge in [0, 0.05) is 10.9 Å². The Morgan fingerprint density at radius 2 is 2.08 bits per heavy atom. The number of benzene rings is 1. The number of furan rings is 1. The molecule has 3 aromatic rings. The number of nitrogens with zero attached hydrogens (tertiary/aromatic N) is 2. The van der Waals surface area contributed by atoms with Crippen LogP contribution in [0.15, 0.2) is 57.6 Å². The van der Waals surface area contributed by atoms with Crippen molar-refractivity contribution in [1.29, 1.82) is 0 Å². The largest absolute Gasteiger partial charge is 0.472 e. The molecule has 1 aliphatic heterocycles. The molecule has 3 heterocycles. The summed E-state index contributed by atoms with van der Waals surface area (Å²) in [6.45, 7) is -0.128. The van der Waals surface area contributed by atoms with Gasteiger partial charge in [-0.2, -0.15) is 0 Å². The molecule has 1 N–H and O–H groups in total. The van der Waals surface area contributed by atoms with Gasteiger partial charge in [-0.05, 0) is 18.2 Å². The Bertz CT molecular complexity index is 1010. The van der Waals surface area contributed by atoms with E-state index in [1.807, 2.05) is 0 Å². The van der Waals surface area contributed by atoms with Gasteiger partial charge in [-0.1, -0.05) is 12.1 Å². The van der Waals surface area contributed by atoms with E-state index in [0.717, 1.165) is 9.87 Å². The Labute approximate surface area is 141 Å². The van der Waals surface area contributed by atoms with E-state index < -0.39 is 16.1 Å². The monoisotopic (exact) mass is 361 g/mol. The van der Waals surface area contributed by atoms with Crippen molar-refractivity contribution in [2.24, 2.45) is 0 Å². The molecule has 9 heteroatoms. The first-order valence-corrected chi connectivity index (χ1v) is 9.27. The topological polar surface area (TPSA) is 92.5 Å². The number of hydrogen-bond acceptors (Lipinski definition) is 6.